The van der Waals surface area contributed by atoms with Crippen LogP contribution < -0.4 is 10.2 Å². The predicted octanol–water partition coefficient (Wildman–Crippen LogP) is 3.56. The molecule has 1 aliphatic rings. The van der Waals surface area contributed by atoms with Gasteiger partial charge in [0.05, 0.1) is 0 Å². The van der Waals surface area contributed by atoms with Crippen molar-refractivity contribution in [2.75, 3.05) is 11.4 Å². The number of rotatable bonds is 4. The second-order valence-corrected chi connectivity index (χ2v) is 5.40. The van der Waals surface area contributed by atoms with Crippen molar-refractivity contribution < 1.29 is 0 Å². The monoisotopic (exact) mass is 246 g/mol. The Labute approximate surface area is 111 Å². The fourth-order valence-electron chi connectivity index (χ4n) is 2.77. The first kappa shape index (κ1) is 13.4. The lowest BCUT2D eigenvalue weighted by molar-refractivity contribution is 0.463. The minimum absolute atomic E-state index is 0.616. The zero-order valence-electron chi connectivity index (χ0n) is 11.9. The summed E-state index contributed by atoms with van der Waals surface area (Å²) in [5.41, 5.74) is 2.87. The third-order valence-electron chi connectivity index (χ3n) is 4.06. The topological polar surface area (TPSA) is 15.3 Å². The molecule has 0 spiro atoms. The average Bonchev–Trinajstić information content (AvgIpc) is 2.59. The smallest absolute Gasteiger partial charge is 0.0414 e. The summed E-state index contributed by atoms with van der Waals surface area (Å²) in [6.45, 7) is 9.03. The van der Waals surface area contributed by atoms with E-state index in [1.54, 1.807) is 0 Å². The summed E-state index contributed by atoms with van der Waals surface area (Å²) in [6.07, 6.45) is 3.72. The lowest BCUT2D eigenvalue weighted by Crippen LogP contribution is -2.42. The largest absolute Gasteiger partial charge is 0.367 e. The minimum atomic E-state index is 0.616. The van der Waals surface area contributed by atoms with Crippen molar-refractivity contribution in [2.24, 2.45) is 0 Å². The molecule has 0 aromatic heterocycles. The molecule has 2 unspecified atom stereocenters. The number of nitrogens with one attached hydrogen (secondary N) is 1. The Morgan fingerprint density at radius 2 is 2.11 bits per heavy atom. The molecule has 0 aliphatic carbocycles. The molecule has 1 aromatic rings. The molecule has 0 fully saturated rings. The Balaban J connectivity index is 2.26. The van der Waals surface area contributed by atoms with E-state index < -0.39 is 0 Å². The van der Waals surface area contributed by atoms with E-state index in [-0.39, 0.29) is 0 Å². The van der Waals surface area contributed by atoms with Gasteiger partial charge in [0.1, 0.15) is 0 Å². The highest BCUT2D eigenvalue weighted by molar-refractivity contribution is 5.55. The third-order valence-corrected chi connectivity index (χ3v) is 4.06. The van der Waals surface area contributed by atoms with Crippen molar-refractivity contribution in [3.8, 4) is 0 Å². The second kappa shape index (κ2) is 6.24. The van der Waals surface area contributed by atoms with E-state index in [9.17, 15) is 0 Å². The van der Waals surface area contributed by atoms with E-state index in [0.717, 1.165) is 13.1 Å². The zero-order chi connectivity index (χ0) is 13.0. The van der Waals surface area contributed by atoms with Gasteiger partial charge >= 0.3 is 0 Å². The van der Waals surface area contributed by atoms with Gasteiger partial charge in [-0.25, -0.2) is 0 Å². The molecule has 1 aromatic carbocycles. The highest BCUT2D eigenvalue weighted by Gasteiger charge is 2.23. The zero-order valence-corrected chi connectivity index (χ0v) is 11.9. The van der Waals surface area contributed by atoms with Gasteiger partial charge in [0.15, 0.2) is 0 Å². The molecular weight excluding hydrogens is 220 g/mol. The summed E-state index contributed by atoms with van der Waals surface area (Å²) in [7, 11) is 0. The quantitative estimate of drug-likeness (QED) is 0.874. The van der Waals surface area contributed by atoms with Crippen LogP contribution in [0.1, 0.15) is 45.6 Å². The van der Waals surface area contributed by atoms with Gasteiger partial charge in [-0.2, -0.15) is 0 Å². The van der Waals surface area contributed by atoms with Gasteiger partial charge in [-0.1, -0.05) is 38.5 Å². The van der Waals surface area contributed by atoms with Gasteiger partial charge in [0.2, 0.25) is 0 Å². The van der Waals surface area contributed by atoms with Crippen LogP contribution in [0.4, 0.5) is 5.69 Å². The van der Waals surface area contributed by atoms with Gasteiger partial charge in [-0.15, -0.1) is 0 Å². The Hall–Kier alpha value is -1.02. The lowest BCUT2D eigenvalue weighted by atomic mass is 10.1. The van der Waals surface area contributed by atoms with E-state index in [0.29, 0.717) is 12.1 Å². The number of anilines is 1. The summed E-state index contributed by atoms with van der Waals surface area (Å²) >= 11 is 0. The Morgan fingerprint density at radius 3 is 2.83 bits per heavy atom. The minimum Gasteiger partial charge on any atom is -0.367 e. The van der Waals surface area contributed by atoms with Crippen LogP contribution in [0.15, 0.2) is 24.3 Å². The molecule has 18 heavy (non-hydrogen) atoms. The molecule has 0 saturated carbocycles. The number of fused-ring (bicyclic) bond motifs is 1. The number of benzene rings is 1. The van der Waals surface area contributed by atoms with Crippen LogP contribution in [0.25, 0.3) is 0 Å². The van der Waals surface area contributed by atoms with Crippen LogP contribution in [0.2, 0.25) is 0 Å². The molecule has 0 bridgehead atoms. The normalized spacial score (nSPS) is 21.3. The molecule has 0 saturated heterocycles. The van der Waals surface area contributed by atoms with E-state index in [2.05, 4.69) is 55.3 Å². The maximum Gasteiger partial charge on any atom is 0.0414 e. The van der Waals surface area contributed by atoms with Crippen LogP contribution in [-0.4, -0.2) is 18.6 Å². The fourth-order valence-corrected chi connectivity index (χ4v) is 2.77. The van der Waals surface area contributed by atoms with Crippen molar-refractivity contribution >= 4 is 5.69 Å². The van der Waals surface area contributed by atoms with Crippen molar-refractivity contribution in [1.29, 1.82) is 0 Å². The van der Waals surface area contributed by atoms with Gasteiger partial charge in [-0.3, -0.25) is 0 Å². The summed E-state index contributed by atoms with van der Waals surface area (Å²) in [4.78, 5) is 2.59. The standard InChI is InChI=1S/C16H26N2/c1-4-8-15-12-18(13(3)5-2)16-10-7-6-9-14(16)11-17-15/h6-7,9-10,13,15,17H,4-5,8,11-12H2,1-3H3. The van der Waals surface area contributed by atoms with E-state index in [4.69, 9.17) is 0 Å². The number of hydrogen-bond donors (Lipinski definition) is 1. The van der Waals surface area contributed by atoms with Gasteiger partial charge < -0.3 is 10.2 Å². The third kappa shape index (κ3) is 2.86. The van der Waals surface area contributed by atoms with E-state index >= 15 is 0 Å². The van der Waals surface area contributed by atoms with Gasteiger partial charge in [-0.05, 0) is 31.4 Å². The maximum absolute atomic E-state index is 3.71. The Bertz CT molecular complexity index is 375. The molecule has 0 amide bonds. The van der Waals surface area contributed by atoms with Crippen molar-refractivity contribution in [2.45, 2.75) is 58.7 Å². The Kier molecular flexibility index (Phi) is 4.65. The van der Waals surface area contributed by atoms with Crippen LogP contribution in [0.3, 0.4) is 0 Å². The summed E-state index contributed by atoms with van der Waals surface area (Å²) < 4.78 is 0. The van der Waals surface area contributed by atoms with Crippen molar-refractivity contribution in [3.05, 3.63) is 29.8 Å². The van der Waals surface area contributed by atoms with E-state index in [1.165, 1.54) is 30.5 Å². The molecule has 1 heterocycles. The molecule has 2 heteroatoms. The summed E-state index contributed by atoms with van der Waals surface area (Å²) in [5.74, 6) is 0. The summed E-state index contributed by atoms with van der Waals surface area (Å²) in [6, 6.07) is 10.1. The molecule has 2 nitrogen and oxygen atoms in total. The van der Waals surface area contributed by atoms with Crippen molar-refractivity contribution in [3.63, 3.8) is 0 Å². The molecule has 1 N–H and O–H groups in total. The molecule has 2 rings (SSSR count). The maximum atomic E-state index is 3.71. The average molecular weight is 246 g/mol. The first-order chi connectivity index (χ1) is 8.76. The molecule has 100 valence electrons. The summed E-state index contributed by atoms with van der Waals surface area (Å²) in [5, 5.41) is 3.71. The van der Waals surface area contributed by atoms with Gasteiger partial charge in [0.25, 0.3) is 0 Å². The number of para-hydroxylation sites is 1. The SMILES string of the molecule is CCCC1CN(C(C)CC)c2ccccc2CN1. The molecular formula is C16H26N2. The lowest BCUT2D eigenvalue weighted by Gasteiger charge is -2.33. The van der Waals surface area contributed by atoms with Crippen LogP contribution in [0, 0.1) is 0 Å². The van der Waals surface area contributed by atoms with Gasteiger partial charge in [0, 0.05) is 30.9 Å². The van der Waals surface area contributed by atoms with Crippen LogP contribution >= 0.6 is 0 Å². The van der Waals surface area contributed by atoms with Crippen LogP contribution in [-0.2, 0) is 6.54 Å². The van der Waals surface area contributed by atoms with Crippen LogP contribution in [0.5, 0.6) is 0 Å². The molecule has 0 radical (unpaired) electrons. The fraction of sp³-hybridized carbons (Fsp3) is 0.625. The highest BCUT2D eigenvalue weighted by atomic mass is 15.2. The van der Waals surface area contributed by atoms with Crippen molar-refractivity contribution in [1.82, 2.24) is 5.32 Å². The second-order valence-electron chi connectivity index (χ2n) is 5.40. The molecule has 1 aliphatic heterocycles. The van der Waals surface area contributed by atoms with E-state index in [1.807, 2.05) is 0 Å². The Morgan fingerprint density at radius 1 is 1.33 bits per heavy atom. The first-order valence-electron chi connectivity index (χ1n) is 7.34. The first-order valence-corrected chi connectivity index (χ1v) is 7.34. The number of hydrogen-bond acceptors (Lipinski definition) is 2. The predicted molar refractivity (Wildman–Crippen MR) is 79.1 cm³/mol. The number of nitrogens with zero attached hydrogens (tertiary/aromatic N) is 1. The highest BCUT2D eigenvalue weighted by Crippen LogP contribution is 2.26. The molecule has 2 atom stereocenters.